The molecule has 116 valence electrons. The van der Waals surface area contributed by atoms with Crippen molar-refractivity contribution in [3.63, 3.8) is 0 Å². The van der Waals surface area contributed by atoms with E-state index in [0.717, 1.165) is 38.3 Å². The smallest absolute Gasteiger partial charge is 0.352 e. The summed E-state index contributed by atoms with van der Waals surface area (Å²) in [5, 5.41) is 5.92. The summed E-state index contributed by atoms with van der Waals surface area (Å²) >= 11 is 0. The lowest BCUT2D eigenvalue weighted by atomic mass is 10.0. The summed E-state index contributed by atoms with van der Waals surface area (Å²) in [6.07, 6.45) is -0.419. The van der Waals surface area contributed by atoms with Gasteiger partial charge in [-0.3, -0.25) is 4.79 Å². The molecule has 1 aromatic rings. The molecule has 0 aromatic heterocycles. The summed E-state index contributed by atoms with van der Waals surface area (Å²) in [6, 6.07) is 5.20. The molecule has 3 nitrogen and oxygen atoms in total. The fraction of sp³-hybridized carbons (Fsp3) is 0.533. The first kappa shape index (κ1) is 15.8. The molecule has 1 aromatic carbocycles. The molecule has 2 N–H and O–H groups in total. The standard InChI is InChI=1S/C15H19F3N2O/c16-15(17,18)13-7-2-1-6-12(13)14(21)20-10-8-11-5-3-4-9-19-11/h1-2,6-7,11,19H,3-5,8-10H2,(H,20,21). The van der Waals surface area contributed by atoms with E-state index in [1.807, 2.05) is 0 Å². The molecule has 21 heavy (non-hydrogen) atoms. The highest BCUT2D eigenvalue weighted by Crippen LogP contribution is 2.31. The van der Waals surface area contributed by atoms with Crippen molar-refractivity contribution in [3.8, 4) is 0 Å². The summed E-state index contributed by atoms with van der Waals surface area (Å²) in [5.41, 5.74) is -1.21. The predicted molar refractivity (Wildman–Crippen MR) is 74.0 cm³/mol. The molecule has 0 aliphatic carbocycles. The van der Waals surface area contributed by atoms with Gasteiger partial charge >= 0.3 is 6.18 Å². The Hall–Kier alpha value is -1.56. The third-order valence-electron chi connectivity index (χ3n) is 3.67. The highest BCUT2D eigenvalue weighted by atomic mass is 19.4. The fourth-order valence-electron chi connectivity index (χ4n) is 2.55. The first-order chi connectivity index (χ1) is 9.98. The molecule has 1 saturated heterocycles. The van der Waals surface area contributed by atoms with Gasteiger partial charge in [0.15, 0.2) is 0 Å². The van der Waals surface area contributed by atoms with E-state index in [-0.39, 0.29) is 5.56 Å². The van der Waals surface area contributed by atoms with Gasteiger partial charge in [0.25, 0.3) is 5.91 Å². The molecule has 0 saturated carbocycles. The zero-order valence-electron chi connectivity index (χ0n) is 11.7. The number of amides is 1. The lowest BCUT2D eigenvalue weighted by Gasteiger charge is -2.23. The molecule has 1 amide bonds. The second kappa shape index (κ2) is 6.93. The minimum atomic E-state index is -4.52. The van der Waals surface area contributed by atoms with E-state index < -0.39 is 17.6 Å². The number of hydrogen-bond acceptors (Lipinski definition) is 2. The Morgan fingerprint density at radius 1 is 1.29 bits per heavy atom. The number of carbonyl (C=O) groups excluding carboxylic acids is 1. The predicted octanol–water partition coefficient (Wildman–Crippen LogP) is 2.97. The Bertz CT molecular complexity index is 482. The number of rotatable bonds is 4. The van der Waals surface area contributed by atoms with Gasteiger partial charge in [0.1, 0.15) is 0 Å². The molecule has 1 aliphatic heterocycles. The minimum Gasteiger partial charge on any atom is -0.352 e. The van der Waals surface area contributed by atoms with Crippen LogP contribution in [0.5, 0.6) is 0 Å². The molecule has 1 aliphatic rings. The number of carbonyl (C=O) groups is 1. The van der Waals surface area contributed by atoms with Crippen LogP contribution < -0.4 is 10.6 Å². The molecule has 0 spiro atoms. The van der Waals surface area contributed by atoms with Gasteiger partial charge in [-0.05, 0) is 37.9 Å². The molecule has 6 heteroatoms. The van der Waals surface area contributed by atoms with Crippen molar-refractivity contribution in [2.45, 2.75) is 37.9 Å². The Morgan fingerprint density at radius 2 is 2.05 bits per heavy atom. The second-order valence-electron chi connectivity index (χ2n) is 5.23. The number of halogens is 3. The summed E-state index contributed by atoms with van der Waals surface area (Å²) < 4.78 is 38.5. The van der Waals surface area contributed by atoms with Crippen molar-refractivity contribution in [1.29, 1.82) is 0 Å². The zero-order valence-corrected chi connectivity index (χ0v) is 11.7. The maximum atomic E-state index is 12.8. The molecule has 0 radical (unpaired) electrons. The molecule has 0 bridgehead atoms. The van der Waals surface area contributed by atoms with Crippen LogP contribution in [0, 0.1) is 0 Å². The largest absolute Gasteiger partial charge is 0.417 e. The molecular formula is C15H19F3N2O. The van der Waals surface area contributed by atoms with Crippen molar-refractivity contribution < 1.29 is 18.0 Å². The monoisotopic (exact) mass is 300 g/mol. The average molecular weight is 300 g/mol. The summed E-state index contributed by atoms with van der Waals surface area (Å²) in [6.45, 7) is 1.35. The van der Waals surface area contributed by atoms with E-state index in [1.54, 1.807) is 0 Å². The molecular weight excluding hydrogens is 281 g/mol. The summed E-state index contributed by atoms with van der Waals surface area (Å²) in [4.78, 5) is 11.9. The van der Waals surface area contributed by atoms with Crippen LogP contribution in [-0.4, -0.2) is 25.0 Å². The van der Waals surface area contributed by atoms with Gasteiger partial charge in [-0.15, -0.1) is 0 Å². The van der Waals surface area contributed by atoms with E-state index in [0.29, 0.717) is 12.6 Å². The number of hydrogen-bond donors (Lipinski definition) is 2. The first-order valence-electron chi connectivity index (χ1n) is 7.16. The Kier molecular flexibility index (Phi) is 5.22. The molecule has 2 rings (SSSR count). The zero-order chi connectivity index (χ0) is 15.3. The first-order valence-corrected chi connectivity index (χ1v) is 7.16. The maximum absolute atomic E-state index is 12.8. The Morgan fingerprint density at radius 3 is 2.71 bits per heavy atom. The van der Waals surface area contributed by atoms with Gasteiger partial charge in [0.2, 0.25) is 0 Å². The number of benzene rings is 1. The molecule has 1 fully saturated rings. The summed E-state index contributed by atoms with van der Waals surface area (Å²) in [7, 11) is 0. The van der Waals surface area contributed by atoms with Crippen LogP contribution in [0.25, 0.3) is 0 Å². The van der Waals surface area contributed by atoms with Crippen LogP contribution >= 0.6 is 0 Å². The van der Waals surface area contributed by atoms with Gasteiger partial charge in [-0.2, -0.15) is 13.2 Å². The van der Waals surface area contributed by atoms with Crippen molar-refractivity contribution in [1.82, 2.24) is 10.6 Å². The summed E-state index contributed by atoms with van der Waals surface area (Å²) in [5.74, 6) is -0.668. The van der Waals surface area contributed by atoms with Gasteiger partial charge < -0.3 is 10.6 Å². The van der Waals surface area contributed by atoms with Crippen LogP contribution in [0.2, 0.25) is 0 Å². The van der Waals surface area contributed by atoms with Crippen molar-refractivity contribution in [3.05, 3.63) is 35.4 Å². The van der Waals surface area contributed by atoms with Crippen LogP contribution in [0.4, 0.5) is 13.2 Å². The maximum Gasteiger partial charge on any atom is 0.417 e. The van der Waals surface area contributed by atoms with Crippen LogP contribution in [0.15, 0.2) is 24.3 Å². The van der Waals surface area contributed by atoms with Crippen LogP contribution in [-0.2, 0) is 6.18 Å². The lowest BCUT2D eigenvalue weighted by Crippen LogP contribution is -2.37. The molecule has 1 unspecified atom stereocenters. The highest BCUT2D eigenvalue weighted by Gasteiger charge is 2.34. The highest BCUT2D eigenvalue weighted by molar-refractivity contribution is 5.95. The van der Waals surface area contributed by atoms with Crippen molar-refractivity contribution in [2.75, 3.05) is 13.1 Å². The van der Waals surface area contributed by atoms with E-state index in [9.17, 15) is 18.0 Å². The van der Waals surface area contributed by atoms with Crippen molar-refractivity contribution >= 4 is 5.91 Å². The molecule has 1 atom stereocenters. The lowest BCUT2D eigenvalue weighted by molar-refractivity contribution is -0.137. The van der Waals surface area contributed by atoms with Gasteiger partial charge in [-0.25, -0.2) is 0 Å². The van der Waals surface area contributed by atoms with Gasteiger partial charge in [0.05, 0.1) is 11.1 Å². The Balaban J connectivity index is 1.91. The Labute approximate surface area is 121 Å². The quantitative estimate of drug-likeness (QED) is 0.897. The SMILES string of the molecule is O=C(NCCC1CCCCN1)c1ccccc1C(F)(F)F. The van der Waals surface area contributed by atoms with Gasteiger partial charge in [0, 0.05) is 12.6 Å². The van der Waals surface area contributed by atoms with Crippen LogP contribution in [0.1, 0.15) is 41.6 Å². The van der Waals surface area contributed by atoms with E-state index in [4.69, 9.17) is 0 Å². The van der Waals surface area contributed by atoms with E-state index >= 15 is 0 Å². The normalized spacial score (nSPS) is 19.3. The third kappa shape index (κ3) is 4.46. The number of nitrogens with one attached hydrogen (secondary N) is 2. The second-order valence-corrected chi connectivity index (χ2v) is 5.23. The van der Waals surface area contributed by atoms with E-state index in [2.05, 4.69) is 10.6 Å². The third-order valence-corrected chi connectivity index (χ3v) is 3.67. The minimum absolute atomic E-state index is 0.318. The van der Waals surface area contributed by atoms with Crippen molar-refractivity contribution in [2.24, 2.45) is 0 Å². The number of alkyl halides is 3. The topological polar surface area (TPSA) is 41.1 Å². The van der Waals surface area contributed by atoms with Gasteiger partial charge in [-0.1, -0.05) is 18.6 Å². The van der Waals surface area contributed by atoms with E-state index in [1.165, 1.54) is 18.2 Å². The number of piperidine rings is 1. The average Bonchev–Trinajstić information content (AvgIpc) is 2.47. The fourth-order valence-corrected chi connectivity index (χ4v) is 2.55. The molecule has 1 heterocycles. The van der Waals surface area contributed by atoms with Crippen LogP contribution in [0.3, 0.4) is 0 Å².